The van der Waals surface area contributed by atoms with E-state index in [1.807, 2.05) is 19.1 Å². The van der Waals surface area contributed by atoms with E-state index in [9.17, 15) is 4.39 Å². The Labute approximate surface area is 120 Å². The van der Waals surface area contributed by atoms with Gasteiger partial charge in [-0.3, -0.25) is 4.90 Å². The van der Waals surface area contributed by atoms with Crippen molar-refractivity contribution in [3.05, 3.63) is 35.6 Å². The topological polar surface area (TPSA) is 38.5 Å². The largest absolute Gasteiger partial charge is 0.373 e. The number of halogens is 1. The van der Waals surface area contributed by atoms with Gasteiger partial charge in [0.05, 0.1) is 18.2 Å². The molecule has 4 heteroatoms. The van der Waals surface area contributed by atoms with Crippen LogP contribution in [-0.4, -0.2) is 36.2 Å². The van der Waals surface area contributed by atoms with Crippen LogP contribution in [0.25, 0.3) is 0 Å². The van der Waals surface area contributed by atoms with E-state index >= 15 is 0 Å². The molecule has 1 fully saturated rings. The molecule has 1 aromatic rings. The summed E-state index contributed by atoms with van der Waals surface area (Å²) in [5.41, 5.74) is 6.99. The Morgan fingerprint density at radius 3 is 2.45 bits per heavy atom. The van der Waals surface area contributed by atoms with Crippen LogP contribution in [0.4, 0.5) is 4.39 Å². The molecule has 0 saturated carbocycles. The zero-order valence-corrected chi connectivity index (χ0v) is 12.6. The fourth-order valence-electron chi connectivity index (χ4n) is 3.08. The summed E-state index contributed by atoms with van der Waals surface area (Å²) in [7, 11) is 0. The van der Waals surface area contributed by atoms with E-state index in [-0.39, 0.29) is 30.1 Å². The van der Waals surface area contributed by atoms with Gasteiger partial charge in [0, 0.05) is 24.7 Å². The molecule has 0 aliphatic carbocycles. The number of hydrogen-bond acceptors (Lipinski definition) is 3. The van der Waals surface area contributed by atoms with Crippen LogP contribution < -0.4 is 5.73 Å². The molecule has 4 atom stereocenters. The summed E-state index contributed by atoms with van der Waals surface area (Å²) >= 11 is 0. The van der Waals surface area contributed by atoms with E-state index in [0.29, 0.717) is 5.56 Å². The monoisotopic (exact) mass is 280 g/mol. The SMILES string of the molecule is CCC(N)C(c1ccccc1F)N1C[C@@H](C)O[C@@H](C)C1. The van der Waals surface area contributed by atoms with E-state index < -0.39 is 0 Å². The molecule has 0 spiro atoms. The molecule has 0 bridgehead atoms. The van der Waals surface area contributed by atoms with Crippen LogP contribution in [-0.2, 0) is 4.74 Å². The van der Waals surface area contributed by atoms with Gasteiger partial charge in [-0.1, -0.05) is 25.1 Å². The highest BCUT2D eigenvalue weighted by Crippen LogP contribution is 2.30. The third kappa shape index (κ3) is 3.37. The summed E-state index contributed by atoms with van der Waals surface area (Å²) in [6, 6.07) is 6.79. The summed E-state index contributed by atoms with van der Waals surface area (Å²) in [4.78, 5) is 2.27. The van der Waals surface area contributed by atoms with Gasteiger partial charge in [-0.2, -0.15) is 0 Å². The van der Waals surface area contributed by atoms with Gasteiger partial charge in [-0.05, 0) is 26.3 Å². The Kier molecular flexibility index (Phi) is 5.13. The van der Waals surface area contributed by atoms with Crippen molar-refractivity contribution in [2.75, 3.05) is 13.1 Å². The van der Waals surface area contributed by atoms with Crippen LogP contribution in [0.2, 0.25) is 0 Å². The smallest absolute Gasteiger partial charge is 0.128 e. The van der Waals surface area contributed by atoms with Crippen LogP contribution >= 0.6 is 0 Å². The molecule has 0 radical (unpaired) electrons. The molecule has 112 valence electrons. The lowest BCUT2D eigenvalue weighted by Crippen LogP contribution is -2.51. The van der Waals surface area contributed by atoms with Crippen molar-refractivity contribution in [1.29, 1.82) is 0 Å². The number of nitrogens with zero attached hydrogens (tertiary/aromatic N) is 1. The molecular formula is C16H25FN2O. The van der Waals surface area contributed by atoms with Crippen LogP contribution in [0, 0.1) is 5.82 Å². The highest BCUT2D eigenvalue weighted by atomic mass is 19.1. The highest BCUT2D eigenvalue weighted by Gasteiger charge is 2.33. The second-order valence-corrected chi connectivity index (χ2v) is 5.75. The van der Waals surface area contributed by atoms with Crippen molar-refractivity contribution in [3.63, 3.8) is 0 Å². The average Bonchev–Trinajstić information content (AvgIpc) is 2.40. The maximum Gasteiger partial charge on any atom is 0.128 e. The van der Waals surface area contributed by atoms with Crippen LogP contribution in [0.1, 0.15) is 38.8 Å². The van der Waals surface area contributed by atoms with Crippen LogP contribution in [0.15, 0.2) is 24.3 Å². The lowest BCUT2D eigenvalue weighted by atomic mass is 9.94. The second kappa shape index (κ2) is 6.66. The second-order valence-electron chi connectivity index (χ2n) is 5.75. The molecule has 20 heavy (non-hydrogen) atoms. The molecule has 3 nitrogen and oxygen atoms in total. The molecule has 0 aromatic heterocycles. The predicted molar refractivity (Wildman–Crippen MR) is 79.0 cm³/mol. The standard InChI is InChI=1S/C16H25FN2O/c1-4-15(18)16(13-7-5-6-8-14(13)17)19-9-11(2)20-12(3)10-19/h5-8,11-12,15-16H,4,9-10,18H2,1-3H3/t11-,12+,15?,16?. The van der Waals surface area contributed by atoms with E-state index in [0.717, 1.165) is 19.5 Å². The Bertz CT molecular complexity index is 430. The first kappa shape index (κ1) is 15.4. The minimum absolute atomic E-state index is 0.0793. The fraction of sp³-hybridized carbons (Fsp3) is 0.625. The lowest BCUT2D eigenvalue weighted by Gasteiger charge is -2.42. The molecule has 2 rings (SSSR count). The molecule has 1 heterocycles. The van der Waals surface area contributed by atoms with Crippen LogP contribution in [0.3, 0.4) is 0 Å². The molecule has 1 aliphatic rings. The third-order valence-corrected chi connectivity index (χ3v) is 3.94. The average molecular weight is 280 g/mol. The van der Waals surface area contributed by atoms with Crippen molar-refractivity contribution in [3.8, 4) is 0 Å². The number of benzene rings is 1. The fourth-order valence-corrected chi connectivity index (χ4v) is 3.08. The van der Waals surface area contributed by atoms with Gasteiger partial charge in [0.1, 0.15) is 5.82 Å². The first-order valence-corrected chi connectivity index (χ1v) is 7.42. The molecule has 1 aromatic carbocycles. The van der Waals surface area contributed by atoms with Gasteiger partial charge in [0.2, 0.25) is 0 Å². The summed E-state index contributed by atoms with van der Waals surface area (Å²) in [5.74, 6) is -0.173. The molecular weight excluding hydrogens is 255 g/mol. The van der Waals surface area contributed by atoms with Gasteiger partial charge in [-0.15, -0.1) is 0 Å². The Morgan fingerprint density at radius 2 is 1.90 bits per heavy atom. The summed E-state index contributed by atoms with van der Waals surface area (Å²) in [6.07, 6.45) is 1.12. The van der Waals surface area contributed by atoms with Crippen molar-refractivity contribution >= 4 is 0 Å². The van der Waals surface area contributed by atoms with Gasteiger partial charge >= 0.3 is 0 Å². The number of hydrogen-bond donors (Lipinski definition) is 1. The zero-order chi connectivity index (χ0) is 14.7. The first-order chi connectivity index (χ1) is 9.52. The van der Waals surface area contributed by atoms with Crippen molar-refractivity contribution in [2.24, 2.45) is 5.73 Å². The van der Waals surface area contributed by atoms with Crippen LogP contribution in [0.5, 0.6) is 0 Å². The number of rotatable bonds is 4. The lowest BCUT2D eigenvalue weighted by molar-refractivity contribution is -0.0842. The third-order valence-electron chi connectivity index (χ3n) is 3.94. The molecule has 0 amide bonds. The normalized spacial score (nSPS) is 27.2. The molecule has 2 unspecified atom stereocenters. The van der Waals surface area contributed by atoms with E-state index in [2.05, 4.69) is 18.7 Å². The van der Waals surface area contributed by atoms with Crippen molar-refractivity contribution < 1.29 is 9.13 Å². The molecule has 1 saturated heterocycles. The maximum atomic E-state index is 14.2. The highest BCUT2D eigenvalue weighted by molar-refractivity contribution is 5.23. The van der Waals surface area contributed by atoms with Gasteiger partial charge in [-0.25, -0.2) is 4.39 Å². The Hall–Kier alpha value is -0.970. The quantitative estimate of drug-likeness (QED) is 0.921. The molecule has 2 N–H and O–H groups in total. The minimum Gasteiger partial charge on any atom is -0.373 e. The van der Waals surface area contributed by atoms with Crippen molar-refractivity contribution in [1.82, 2.24) is 4.90 Å². The maximum absolute atomic E-state index is 14.2. The van der Waals surface area contributed by atoms with Gasteiger partial charge < -0.3 is 10.5 Å². The predicted octanol–water partition coefficient (Wildman–Crippen LogP) is 2.71. The number of morpholine rings is 1. The van der Waals surface area contributed by atoms with Crippen molar-refractivity contribution in [2.45, 2.75) is 51.5 Å². The Morgan fingerprint density at radius 1 is 1.30 bits per heavy atom. The summed E-state index contributed by atoms with van der Waals surface area (Å²) < 4.78 is 19.9. The van der Waals surface area contributed by atoms with E-state index in [1.165, 1.54) is 6.07 Å². The van der Waals surface area contributed by atoms with Gasteiger partial charge in [0.25, 0.3) is 0 Å². The number of ether oxygens (including phenoxy) is 1. The van der Waals surface area contributed by atoms with E-state index in [1.54, 1.807) is 6.07 Å². The summed E-state index contributed by atoms with van der Waals surface area (Å²) in [5, 5.41) is 0. The molecule has 1 aliphatic heterocycles. The minimum atomic E-state index is -0.173. The van der Waals surface area contributed by atoms with Gasteiger partial charge in [0.15, 0.2) is 0 Å². The Balaban J connectivity index is 2.30. The zero-order valence-electron chi connectivity index (χ0n) is 12.6. The number of nitrogens with two attached hydrogens (primary N) is 1. The summed E-state index contributed by atoms with van der Waals surface area (Å²) in [6.45, 7) is 7.73. The van der Waals surface area contributed by atoms with E-state index in [4.69, 9.17) is 10.5 Å². The first-order valence-electron chi connectivity index (χ1n) is 7.42.